The van der Waals surface area contributed by atoms with Gasteiger partial charge in [-0.3, -0.25) is 0 Å². The number of hydrogen-bond donors (Lipinski definition) is 1. The van der Waals surface area contributed by atoms with E-state index >= 15 is 0 Å². The molecule has 0 aromatic carbocycles. The monoisotopic (exact) mass is 217 g/mol. The molecule has 2 rings (SSSR count). The zero-order valence-electron chi connectivity index (χ0n) is 8.75. The molecule has 2 aliphatic rings. The van der Waals surface area contributed by atoms with Crippen LogP contribution in [0.15, 0.2) is 0 Å². The van der Waals surface area contributed by atoms with Gasteiger partial charge in [-0.05, 0) is 38.6 Å². The number of nitrogens with one attached hydrogen (secondary N) is 1. The minimum atomic E-state index is -2.72. The third-order valence-corrected chi connectivity index (χ3v) is 5.55. The van der Waals surface area contributed by atoms with Crippen molar-refractivity contribution in [3.8, 4) is 0 Å². The Morgan fingerprint density at radius 1 is 1.36 bits per heavy atom. The molecule has 2 saturated heterocycles. The number of hydrogen-bond acceptors (Lipinski definition) is 3. The second-order valence-corrected chi connectivity index (χ2v) is 7.13. The normalized spacial score (nSPS) is 42.5. The van der Waals surface area contributed by atoms with Crippen LogP contribution in [0.4, 0.5) is 0 Å². The van der Waals surface area contributed by atoms with E-state index in [0.29, 0.717) is 17.4 Å². The van der Waals surface area contributed by atoms with Gasteiger partial charge in [-0.25, -0.2) is 8.42 Å². The molecular weight excluding hydrogens is 198 g/mol. The molecule has 3 nitrogen and oxygen atoms in total. The summed E-state index contributed by atoms with van der Waals surface area (Å²) in [5.74, 6) is 1.14. The van der Waals surface area contributed by atoms with Crippen molar-refractivity contribution >= 4 is 9.84 Å². The summed E-state index contributed by atoms with van der Waals surface area (Å²) < 4.78 is 22.8. The fourth-order valence-electron chi connectivity index (χ4n) is 2.73. The van der Waals surface area contributed by atoms with Gasteiger partial charge in [0.2, 0.25) is 0 Å². The average molecular weight is 217 g/mol. The van der Waals surface area contributed by atoms with E-state index in [1.807, 2.05) is 0 Å². The van der Waals surface area contributed by atoms with Crippen molar-refractivity contribution in [3.05, 3.63) is 0 Å². The van der Waals surface area contributed by atoms with Crippen LogP contribution in [0, 0.1) is 5.92 Å². The summed E-state index contributed by atoms with van der Waals surface area (Å²) in [7, 11) is -2.72. The minimum Gasteiger partial charge on any atom is -0.311 e. The van der Waals surface area contributed by atoms with E-state index in [1.165, 1.54) is 12.8 Å². The summed E-state index contributed by atoms with van der Waals surface area (Å²) in [5.41, 5.74) is 0.0851. The fourth-order valence-corrected chi connectivity index (χ4v) is 4.68. The van der Waals surface area contributed by atoms with Gasteiger partial charge in [0.05, 0.1) is 11.5 Å². The molecule has 14 heavy (non-hydrogen) atoms. The van der Waals surface area contributed by atoms with E-state index in [4.69, 9.17) is 0 Å². The molecule has 0 radical (unpaired) electrons. The van der Waals surface area contributed by atoms with Crippen LogP contribution in [0.1, 0.15) is 32.6 Å². The molecule has 2 heterocycles. The van der Waals surface area contributed by atoms with Crippen molar-refractivity contribution in [2.24, 2.45) is 5.92 Å². The number of sulfone groups is 1. The maximum Gasteiger partial charge on any atom is 0.150 e. The lowest BCUT2D eigenvalue weighted by Crippen LogP contribution is -2.52. The first-order valence-electron chi connectivity index (χ1n) is 5.47. The lowest BCUT2D eigenvalue weighted by Gasteiger charge is -2.39. The fraction of sp³-hybridized carbons (Fsp3) is 1.00. The Morgan fingerprint density at radius 2 is 2.14 bits per heavy atom. The van der Waals surface area contributed by atoms with Gasteiger partial charge >= 0.3 is 0 Å². The minimum absolute atomic E-state index is 0.0851. The zero-order chi connectivity index (χ0) is 10.2. The van der Waals surface area contributed by atoms with Crippen LogP contribution < -0.4 is 5.32 Å². The van der Waals surface area contributed by atoms with Gasteiger partial charge in [-0.15, -0.1) is 0 Å². The summed E-state index contributed by atoms with van der Waals surface area (Å²) in [6.45, 7) is 3.24. The molecule has 2 unspecified atom stereocenters. The Morgan fingerprint density at radius 3 is 2.64 bits per heavy atom. The summed E-state index contributed by atoms with van der Waals surface area (Å²) in [5, 5.41) is 3.51. The molecule has 0 amide bonds. The van der Waals surface area contributed by atoms with Gasteiger partial charge in [0.1, 0.15) is 0 Å². The van der Waals surface area contributed by atoms with E-state index < -0.39 is 9.84 Å². The van der Waals surface area contributed by atoms with Gasteiger partial charge in [-0.1, -0.05) is 6.42 Å². The molecule has 2 aliphatic heterocycles. The molecule has 0 bridgehead atoms. The van der Waals surface area contributed by atoms with E-state index in [1.54, 1.807) is 0 Å². The molecule has 0 saturated carbocycles. The van der Waals surface area contributed by atoms with Gasteiger partial charge in [0, 0.05) is 5.54 Å². The highest BCUT2D eigenvalue weighted by Crippen LogP contribution is 2.34. The molecule has 4 heteroatoms. The Kier molecular flexibility index (Phi) is 2.60. The largest absolute Gasteiger partial charge is 0.311 e. The molecule has 2 fully saturated rings. The lowest BCUT2D eigenvalue weighted by molar-refractivity contribution is 0.197. The van der Waals surface area contributed by atoms with Crippen molar-refractivity contribution in [1.82, 2.24) is 5.32 Å². The second kappa shape index (κ2) is 3.49. The Balaban J connectivity index is 2.08. The van der Waals surface area contributed by atoms with Gasteiger partial charge in [0.25, 0.3) is 0 Å². The Labute approximate surface area is 86.2 Å². The van der Waals surface area contributed by atoms with Crippen LogP contribution in [-0.4, -0.2) is 32.0 Å². The van der Waals surface area contributed by atoms with Gasteiger partial charge in [0.15, 0.2) is 9.84 Å². The standard InChI is InChI=1S/C10H19NO2S/c1-10(5-2-3-6-11-10)9-4-7-14(12,13)8-9/h9,11H,2-8H2,1H3. The predicted octanol–water partition coefficient (Wildman–Crippen LogP) is 0.953. The number of rotatable bonds is 1. The van der Waals surface area contributed by atoms with Crippen LogP contribution in [0.5, 0.6) is 0 Å². The van der Waals surface area contributed by atoms with Crippen LogP contribution in [0.25, 0.3) is 0 Å². The third-order valence-electron chi connectivity index (χ3n) is 3.79. The zero-order valence-corrected chi connectivity index (χ0v) is 9.57. The molecule has 0 aliphatic carbocycles. The Hall–Kier alpha value is -0.0900. The molecule has 0 spiro atoms. The maximum absolute atomic E-state index is 11.4. The first-order valence-corrected chi connectivity index (χ1v) is 7.29. The summed E-state index contributed by atoms with van der Waals surface area (Å²) in [6.07, 6.45) is 4.45. The van der Waals surface area contributed by atoms with E-state index in [0.717, 1.165) is 19.4 Å². The maximum atomic E-state index is 11.4. The predicted molar refractivity (Wildman–Crippen MR) is 57.0 cm³/mol. The summed E-state index contributed by atoms with van der Waals surface area (Å²) >= 11 is 0. The lowest BCUT2D eigenvalue weighted by atomic mass is 9.79. The summed E-state index contributed by atoms with van der Waals surface area (Å²) in [6, 6.07) is 0. The molecule has 0 aromatic rings. The summed E-state index contributed by atoms with van der Waals surface area (Å²) in [4.78, 5) is 0. The van der Waals surface area contributed by atoms with Gasteiger partial charge < -0.3 is 5.32 Å². The van der Waals surface area contributed by atoms with Crippen molar-refractivity contribution < 1.29 is 8.42 Å². The van der Waals surface area contributed by atoms with Crippen LogP contribution in [0.3, 0.4) is 0 Å². The third kappa shape index (κ3) is 1.96. The molecule has 82 valence electrons. The highest BCUT2D eigenvalue weighted by Gasteiger charge is 2.41. The van der Waals surface area contributed by atoms with Crippen LogP contribution in [0.2, 0.25) is 0 Å². The van der Waals surface area contributed by atoms with Crippen molar-refractivity contribution in [3.63, 3.8) is 0 Å². The molecule has 2 atom stereocenters. The second-order valence-electron chi connectivity index (χ2n) is 4.90. The van der Waals surface area contributed by atoms with Crippen molar-refractivity contribution in [2.75, 3.05) is 18.1 Å². The first-order chi connectivity index (χ1) is 6.52. The first kappa shape index (κ1) is 10.4. The van der Waals surface area contributed by atoms with Crippen molar-refractivity contribution in [2.45, 2.75) is 38.1 Å². The SMILES string of the molecule is CC1(C2CCS(=O)(=O)C2)CCCCN1. The van der Waals surface area contributed by atoms with Gasteiger partial charge in [-0.2, -0.15) is 0 Å². The van der Waals surface area contributed by atoms with E-state index in [9.17, 15) is 8.42 Å². The number of piperidine rings is 1. The molecule has 1 N–H and O–H groups in total. The average Bonchev–Trinajstić information content (AvgIpc) is 2.48. The smallest absolute Gasteiger partial charge is 0.150 e. The van der Waals surface area contributed by atoms with Crippen molar-refractivity contribution in [1.29, 1.82) is 0 Å². The molecular formula is C10H19NO2S. The van der Waals surface area contributed by atoms with Crippen LogP contribution in [-0.2, 0) is 9.84 Å². The van der Waals surface area contributed by atoms with E-state index in [2.05, 4.69) is 12.2 Å². The highest BCUT2D eigenvalue weighted by atomic mass is 32.2. The molecule has 0 aromatic heterocycles. The highest BCUT2D eigenvalue weighted by molar-refractivity contribution is 7.91. The quantitative estimate of drug-likeness (QED) is 0.711. The topological polar surface area (TPSA) is 46.2 Å². The van der Waals surface area contributed by atoms with E-state index in [-0.39, 0.29) is 5.54 Å². The Bertz CT molecular complexity index is 304. The van der Waals surface area contributed by atoms with Crippen LogP contribution >= 0.6 is 0 Å².